The number of aromatic nitrogens is 3. The lowest BCUT2D eigenvalue weighted by atomic mass is 10.1. The van der Waals surface area contributed by atoms with Gasteiger partial charge in [0.25, 0.3) is 0 Å². The van der Waals surface area contributed by atoms with Crippen molar-refractivity contribution in [2.45, 2.75) is 33.4 Å². The van der Waals surface area contributed by atoms with Gasteiger partial charge in [-0.3, -0.25) is 4.98 Å². The Labute approximate surface area is 177 Å². The molecule has 2 aromatic carbocycles. The molecule has 0 aliphatic heterocycles. The summed E-state index contributed by atoms with van der Waals surface area (Å²) in [5.41, 5.74) is 4.44. The van der Waals surface area contributed by atoms with E-state index in [0.717, 1.165) is 54.3 Å². The van der Waals surface area contributed by atoms with E-state index in [-0.39, 0.29) is 0 Å². The lowest BCUT2D eigenvalue weighted by molar-refractivity contribution is 0.624. The van der Waals surface area contributed by atoms with Crippen LogP contribution in [0.3, 0.4) is 0 Å². The molecule has 0 saturated carbocycles. The molecule has 2 N–H and O–H groups in total. The first-order valence-corrected chi connectivity index (χ1v) is 10.5. The number of nitrogens with zero attached hydrogens (tertiary/aromatic N) is 4. The van der Waals surface area contributed by atoms with Crippen LogP contribution in [0.2, 0.25) is 0 Å². The van der Waals surface area contributed by atoms with Crippen LogP contribution in [-0.2, 0) is 13.1 Å². The van der Waals surface area contributed by atoms with Gasteiger partial charge >= 0.3 is 0 Å². The van der Waals surface area contributed by atoms with Crippen LogP contribution >= 0.6 is 0 Å². The molecule has 0 radical (unpaired) electrons. The van der Waals surface area contributed by atoms with E-state index in [2.05, 4.69) is 63.3 Å². The van der Waals surface area contributed by atoms with Crippen molar-refractivity contribution in [1.82, 2.24) is 25.2 Å². The van der Waals surface area contributed by atoms with Gasteiger partial charge in [-0.1, -0.05) is 30.3 Å². The number of hydrogen-bond donors (Lipinski definition) is 2. The van der Waals surface area contributed by atoms with E-state index in [1.807, 2.05) is 36.5 Å². The summed E-state index contributed by atoms with van der Waals surface area (Å²) in [6, 6.07) is 18.5. The summed E-state index contributed by atoms with van der Waals surface area (Å²) in [6.45, 7) is 7.36. The van der Waals surface area contributed by atoms with Gasteiger partial charge in [-0.25, -0.2) is 9.98 Å². The average Bonchev–Trinajstić information content (AvgIpc) is 3.10. The first-order valence-electron chi connectivity index (χ1n) is 10.5. The molecular formula is C24H28N6. The van der Waals surface area contributed by atoms with Crippen LogP contribution in [0.5, 0.6) is 0 Å². The van der Waals surface area contributed by atoms with Gasteiger partial charge in [0.1, 0.15) is 5.82 Å². The molecule has 0 aliphatic rings. The summed E-state index contributed by atoms with van der Waals surface area (Å²) in [4.78, 5) is 13.9. The molecule has 0 amide bonds. The third-order valence-corrected chi connectivity index (χ3v) is 5.19. The molecule has 2 heterocycles. The second-order valence-corrected chi connectivity index (χ2v) is 7.26. The minimum atomic E-state index is 0.615. The summed E-state index contributed by atoms with van der Waals surface area (Å²) >= 11 is 0. The number of pyridine rings is 1. The summed E-state index contributed by atoms with van der Waals surface area (Å²) in [5, 5.41) is 7.95. The van der Waals surface area contributed by atoms with Crippen LogP contribution in [0.1, 0.15) is 24.7 Å². The fourth-order valence-electron chi connectivity index (χ4n) is 3.72. The SMILES string of the molecule is CCNC(=NCc1ccnc2ccccc12)NCCCn1c(C)nc2ccccc21. The average molecular weight is 401 g/mol. The van der Waals surface area contributed by atoms with E-state index in [9.17, 15) is 0 Å². The van der Waals surface area contributed by atoms with Crippen molar-refractivity contribution in [3.05, 3.63) is 72.2 Å². The number of fused-ring (bicyclic) bond motifs is 2. The second kappa shape index (κ2) is 9.39. The lowest BCUT2D eigenvalue weighted by Gasteiger charge is -2.12. The van der Waals surface area contributed by atoms with Crippen molar-refractivity contribution < 1.29 is 0 Å². The minimum absolute atomic E-state index is 0.615. The molecule has 30 heavy (non-hydrogen) atoms. The zero-order chi connectivity index (χ0) is 20.8. The molecule has 0 fully saturated rings. The Kier molecular flexibility index (Phi) is 6.23. The Bertz CT molecular complexity index is 1160. The standard InChI is InChI=1S/C24H28N6/c1-3-25-24(28-17-19-13-15-26-21-10-5-4-9-20(19)21)27-14-8-16-30-18(2)29-22-11-6-7-12-23(22)30/h4-7,9-13,15H,3,8,14,16-17H2,1-2H3,(H2,25,27,28). The number of aryl methyl sites for hydroxylation is 2. The lowest BCUT2D eigenvalue weighted by Crippen LogP contribution is -2.38. The zero-order valence-corrected chi connectivity index (χ0v) is 17.6. The maximum absolute atomic E-state index is 4.78. The Morgan fingerprint density at radius 2 is 1.80 bits per heavy atom. The van der Waals surface area contributed by atoms with Crippen molar-refractivity contribution in [3.63, 3.8) is 0 Å². The number of guanidine groups is 1. The van der Waals surface area contributed by atoms with E-state index in [0.29, 0.717) is 6.54 Å². The van der Waals surface area contributed by atoms with Crippen molar-refractivity contribution in [2.24, 2.45) is 4.99 Å². The fraction of sp³-hybridized carbons (Fsp3) is 0.292. The van der Waals surface area contributed by atoms with Crippen LogP contribution in [0.15, 0.2) is 65.8 Å². The van der Waals surface area contributed by atoms with E-state index < -0.39 is 0 Å². The summed E-state index contributed by atoms with van der Waals surface area (Å²) < 4.78 is 2.28. The van der Waals surface area contributed by atoms with Gasteiger partial charge in [0.05, 0.1) is 23.1 Å². The van der Waals surface area contributed by atoms with Crippen LogP contribution in [-0.4, -0.2) is 33.6 Å². The Morgan fingerprint density at radius 1 is 1.00 bits per heavy atom. The minimum Gasteiger partial charge on any atom is -0.357 e. The van der Waals surface area contributed by atoms with Gasteiger partial charge in [0.15, 0.2) is 5.96 Å². The largest absolute Gasteiger partial charge is 0.357 e. The van der Waals surface area contributed by atoms with Crippen molar-refractivity contribution in [3.8, 4) is 0 Å². The van der Waals surface area contributed by atoms with Gasteiger partial charge in [0.2, 0.25) is 0 Å². The second-order valence-electron chi connectivity index (χ2n) is 7.26. The summed E-state index contributed by atoms with van der Waals surface area (Å²) in [7, 11) is 0. The van der Waals surface area contributed by atoms with Crippen LogP contribution in [0, 0.1) is 6.92 Å². The predicted octanol–water partition coefficient (Wildman–Crippen LogP) is 4.04. The van der Waals surface area contributed by atoms with E-state index in [1.165, 1.54) is 11.1 Å². The van der Waals surface area contributed by atoms with Crippen molar-refractivity contribution in [1.29, 1.82) is 0 Å². The highest BCUT2D eigenvalue weighted by Crippen LogP contribution is 2.17. The third kappa shape index (κ3) is 4.43. The normalized spacial score (nSPS) is 11.9. The molecule has 6 nitrogen and oxygen atoms in total. The highest BCUT2D eigenvalue weighted by atomic mass is 15.2. The molecule has 0 spiro atoms. The summed E-state index contributed by atoms with van der Waals surface area (Å²) in [6.07, 6.45) is 2.84. The smallest absolute Gasteiger partial charge is 0.191 e. The van der Waals surface area contributed by atoms with Crippen LogP contribution < -0.4 is 10.6 Å². The number of aliphatic imine (C=N–C) groups is 1. The first-order chi connectivity index (χ1) is 14.8. The molecule has 0 aliphatic carbocycles. The van der Waals surface area contributed by atoms with Gasteiger partial charge in [-0.2, -0.15) is 0 Å². The fourth-order valence-corrected chi connectivity index (χ4v) is 3.72. The molecule has 4 aromatic rings. The molecule has 0 unspecified atom stereocenters. The molecule has 6 heteroatoms. The summed E-state index contributed by atoms with van der Waals surface area (Å²) in [5.74, 6) is 1.90. The van der Waals surface area contributed by atoms with E-state index in [1.54, 1.807) is 0 Å². The van der Waals surface area contributed by atoms with Gasteiger partial charge in [-0.15, -0.1) is 0 Å². The Balaban J connectivity index is 1.38. The zero-order valence-electron chi connectivity index (χ0n) is 17.6. The number of hydrogen-bond acceptors (Lipinski definition) is 3. The monoisotopic (exact) mass is 400 g/mol. The van der Waals surface area contributed by atoms with Crippen LogP contribution in [0.25, 0.3) is 21.9 Å². The highest BCUT2D eigenvalue weighted by molar-refractivity contribution is 5.83. The number of para-hydroxylation sites is 3. The number of rotatable bonds is 7. The number of nitrogens with one attached hydrogen (secondary N) is 2. The Hall–Kier alpha value is -3.41. The van der Waals surface area contributed by atoms with Gasteiger partial charge < -0.3 is 15.2 Å². The Morgan fingerprint density at radius 3 is 2.67 bits per heavy atom. The number of benzene rings is 2. The van der Waals surface area contributed by atoms with E-state index >= 15 is 0 Å². The van der Waals surface area contributed by atoms with Crippen molar-refractivity contribution in [2.75, 3.05) is 13.1 Å². The van der Waals surface area contributed by atoms with Gasteiger partial charge in [-0.05, 0) is 50.1 Å². The molecule has 0 saturated heterocycles. The molecule has 0 bridgehead atoms. The first kappa shape index (κ1) is 19.9. The molecule has 2 aromatic heterocycles. The predicted molar refractivity (Wildman–Crippen MR) is 124 cm³/mol. The molecule has 154 valence electrons. The van der Waals surface area contributed by atoms with E-state index in [4.69, 9.17) is 4.99 Å². The molecular weight excluding hydrogens is 372 g/mol. The highest BCUT2D eigenvalue weighted by Gasteiger charge is 2.06. The van der Waals surface area contributed by atoms with Gasteiger partial charge in [0, 0.05) is 31.2 Å². The molecule has 0 atom stereocenters. The maximum atomic E-state index is 4.78. The third-order valence-electron chi connectivity index (χ3n) is 5.19. The quantitative estimate of drug-likeness (QED) is 0.279. The topological polar surface area (TPSA) is 67.1 Å². The van der Waals surface area contributed by atoms with Crippen LogP contribution in [0.4, 0.5) is 0 Å². The maximum Gasteiger partial charge on any atom is 0.191 e. The molecule has 4 rings (SSSR count). The number of imidazole rings is 1. The van der Waals surface area contributed by atoms with Crippen molar-refractivity contribution >= 4 is 27.9 Å².